The molecule has 0 bridgehead atoms. The van der Waals surface area contributed by atoms with Crippen molar-refractivity contribution in [1.29, 1.82) is 0 Å². The highest BCUT2D eigenvalue weighted by Crippen LogP contribution is 2.23. The molecule has 0 unspecified atom stereocenters. The van der Waals surface area contributed by atoms with Crippen LogP contribution in [0, 0.1) is 5.41 Å². The average Bonchev–Trinajstić information content (AvgIpc) is 2.51. The number of benzene rings is 2. The van der Waals surface area contributed by atoms with Crippen molar-refractivity contribution in [2.24, 2.45) is 5.41 Å². The van der Waals surface area contributed by atoms with Gasteiger partial charge in [-0.2, -0.15) is 0 Å². The van der Waals surface area contributed by atoms with Gasteiger partial charge in [-0.3, -0.25) is 9.59 Å². The van der Waals surface area contributed by atoms with Gasteiger partial charge in [0.15, 0.2) is 0 Å². The lowest BCUT2D eigenvalue weighted by Gasteiger charge is -2.22. The zero-order valence-corrected chi connectivity index (χ0v) is 15.0. The second kappa shape index (κ2) is 7.15. The van der Waals surface area contributed by atoms with Crippen molar-refractivity contribution in [3.05, 3.63) is 58.0 Å². The third-order valence-corrected chi connectivity index (χ3v) is 4.12. The molecule has 0 fully saturated rings. The van der Waals surface area contributed by atoms with Gasteiger partial charge in [0.25, 0.3) is 0 Å². The van der Waals surface area contributed by atoms with E-state index in [4.69, 9.17) is 11.6 Å². The van der Waals surface area contributed by atoms with Crippen LogP contribution in [0.25, 0.3) is 0 Å². The molecule has 2 rings (SSSR count). The largest absolute Gasteiger partial charge is 0.325 e. The van der Waals surface area contributed by atoms with Crippen LogP contribution < -0.4 is 10.6 Å². The smallest absolute Gasteiger partial charge is 0.239 e. The number of anilines is 2. The van der Waals surface area contributed by atoms with E-state index in [1.165, 1.54) is 0 Å². The Labute approximate surface area is 148 Å². The number of hydrogen-bond donors (Lipinski definition) is 2. The van der Waals surface area contributed by atoms with Crippen molar-refractivity contribution in [3.8, 4) is 0 Å². The third kappa shape index (κ3) is 4.56. The summed E-state index contributed by atoms with van der Waals surface area (Å²) in [6.07, 6.45) is 0. The van der Waals surface area contributed by atoms with Gasteiger partial charge in [0.05, 0.1) is 0 Å². The SMILES string of the molecule is CC(C)(C(=O)Nc1ccc(Cl)cc1)C(=O)Nc1ccc(Br)cc1. The first-order valence-electron chi connectivity index (χ1n) is 6.93. The van der Waals surface area contributed by atoms with E-state index in [1.807, 2.05) is 12.1 Å². The molecule has 2 amide bonds. The molecule has 23 heavy (non-hydrogen) atoms. The Morgan fingerprint density at radius 1 is 0.870 bits per heavy atom. The number of carbonyl (C=O) groups excluding carboxylic acids is 2. The van der Waals surface area contributed by atoms with Crippen molar-refractivity contribution in [1.82, 2.24) is 0 Å². The molecule has 6 heteroatoms. The fourth-order valence-corrected chi connectivity index (χ4v) is 2.13. The van der Waals surface area contributed by atoms with Crippen LogP contribution in [0.1, 0.15) is 13.8 Å². The van der Waals surface area contributed by atoms with Gasteiger partial charge in [-0.25, -0.2) is 0 Å². The monoisotopic (exact) mass is 394 g/mol. The highest BCUT2D eigenvalue weighted by atomic mass is 79.9. The minimum Gasteiger partial charge on any atom is -0.325 e. The minimum absolute atomic E-state index is 0.383. The average molecular weight is 396 g/mol. The molecule has 0 atom stereocenters. The Morgan fingerprint density at radius 2 is 1.26 bits per heavy atom. The minimum atomic E-state index is -1.23. The molecule has 0 heterocycles. The van der Waals surface area contributed by atoms with Gasteiger partial charge >= 0.3 is 0 Å². The maximum atomic E-state index is 12.4. The molecule has 0 aliphatic carbocycles. The lowest BCUT2D eigenvalue weighted by molar-refractivity contribution is -0.135. The molecule has 2 N–H and O–H groups in total. The predicted molar refractivity (Wildman–Crippen MR) is 96.6 cm³/mol. The molecular formula is C17H16BrClN2O2. The second-order valence-corrected chi connectivity index (χ2v) is 6.90. The molecule has 0 aliphatic heterocycles. The summed E-state index contributed by atoms with van der Waals surface area (Å²) in [5.74, 6) is -0.777. The first-order chi connectivity index (χ1) is 10.8. The van der Waals surface area contributed by atoms with Crippen molar-refractivity contribution < 1.29 is 9.59 Å². The van der Waals surface area contributed by atoms with Crippen LogP contribution in [-0.2, 0) is 9.59 Å². The summed E-state index contributed by atoms with van der Waals surface area (Å²) in [7, 11) is 0. The standard InChI is InChI=1S/C17H16BrClN2O2/c1-17(2,15(22)20-13-7-3-11(18)4-8-13)16(23)21-14-9-5-12(19)6-10-14/h3-10H,1-2H3,(H,20,22)(H,21,23). The number of halogens is 2. The second-order valence-electron chi connectivity index (χ2n) is 5.55. The number of amides is 2. The van der Waals surface area contributed by atoms with E-state index < -0.39 is 11.3 Å². The molecule has 4 nitrogen and oxygen atoms in total. The van der Waals surface area contributed by atoms with Crippen LogP contribution in [0.3, 0.4) is 0 Å². The summed E-state index contributed by atoms with van der Waals surface area (Å²) in [5, 5.41) is 6.04. The van der Waals surface area contributed by atoms with Crippen molar-refractivity contribution >= 4 is 50.7 Å². The highest BCUT2D eigenvalue weighted by Gasteiger charge is 2.36. The predicted octanol–water partition coefficient (Wildman–Crippen LogP) is 4.71. The molecule has 2 aromatic carbocycles. The van der Waals surface area contributed by atoms with Crippen LogP contribution >= 0.6 is 27.5 Å². The van der Waals surface area contributed by atoms with E-state index in [1.54, 1.807) is 50.2 Å². The van der Waals surface area contributed by atoms with Crippen LogP contribution in [0.4, 0.5) is 11.4 Å². The molecule has 0 saturated heterocycles. The summed E-state index contributed by atoms with van der Waals surface area (Å²) < 4.78 is 0.912. The summed E-state index contributed by atoms with van der Waals surface area (Å²) in [5.41, 5.74) is -0.0123. The Bertz CT molecular complexity index is 651. The summed E-state index contributed by atoms with van der Waals surface area (Å²) >= 11 is 9.14. The Balaban J connectivity index is 2.06. The van der Waals surface area contributed by atoms with Gasteiger partial charge < -0.3 is 10.6 Å². The first-order valence-corrected chi connectivity index (χ1v) is 8.10. The molecule has 0 saturated carbocycles. The van der Waals surface area contributed by atoms with Crippen LogP contribution in [-0.4, -0.2) is 11.8 Å². The fourth-order valence-electron chi connectivity index (χ4n) is 1.74. The molecule has 0 spiro atoms. The van der Waals surface area contributed by atoms with Crippen molar-refractivity contribution in [2.45, 2.75) is 13.8 Å². The summed E-state index contributed by atoms with van der Waals surface area (Å²) in [6.45, 7) is 3.15. The zero-order chi connectivity index (χ0) is 17.0. The Morgan fingerprint density at radius 3 is 1.70 bits per heavy atom. The fraction of sp³-hybridized carbons (Fsp3) is 0.176. The van der Waals surface area contributed by atoms with Crippen molar-refractivity contribution in [3.63, 3.8) is 0 Å². The lowest BCUT2D eigenvalue weighted by Crippen LogP contribution is -2.41. The molecule has 2 aromatic rings. The van der Waals surface area contributed by atoms with E-state index in [2.05, 4.69) is 26.6 Å². The van der Waals surface area contributed by atoms with Crippen LogP contribution in [0.15, 0.2) is 53.0 Å². The van der Waals surface area contributed by atoms with E-state index in [0.717, 1.165) is 4.47 Å². The number of hydrogen-bond acceptors (Lipinski definition) is 2. The summed E-state index contributed by atoms with van der Waals surface area (Å²) in [4.78, 5) is 24.8. The van der Waals surface area contributed by atoms with Crippen molar-refractivity contribution in [2.75, 3.05) is 10.6 Å². The maximum Gasteiger partial charge on any atom is 0.239 e. The maximum absolute atomic E-state index is 12.4. The van der Waals surface area contributed by atoms with Crippen LogP contribution in [0.5, 0.6) is 0 Å². The van der Waals surface area contributed by atoms with E-state index in [0.29, 0.717) is 16.4 Å². The Hall–Kier alpha value is -1.85. The molecule has 120 valence electrons. The molecule has 0 aromatic heterocycles. The highest BCUT2D eigenvalue weighted by molar-refractivity contribution is 9.10. The summed E-state index contributed by atoms with van der Waals surface area (Å²) in [6, 6.07) is 13.9. The zero-order valence-electron chi connectivity index (χ0n) is 12.7. The van der Waals surface area contributed by atoms with Gasteiger partial charge in [0.1, 0.15) is 5.41 Å². The Kier molecular flexibility index (Phi) is 5.44. The molecule has 0 radical (unpaired) electrons. The van der Waals surface area contributed by atoms with E-state index in [9.17, 15) is 9.59 Å². The number of carbonyl (C=O) groups is 2. The normalized spacial score (nSPS) is 11.0. The van der Waals surface area contributed by atoms with E-state index in [-0.39, 0.29) is 5.91 Å². The number of nitrogens with one attached hydrogen (secondary N) is 2. The van der Waals surface area contributed by atoms with E-state index >= 15 is 0 Å². The third-order valence-electron chi connectivity index (χ3n) is 3.34. The van der Waals surface area contributed by atoms with Gasteiger partial charge in [0, 0.05) is 20.9 Å². The lowest BCUT2D eigenvalue weighted by atomic mass is 9.90. The molecule has 0 aliphatic rings. The first kappa shape index (κ1) is 17.5. The molecular weight excluding hydrogens is 380 g/mol. The quantitative estimate of drug-likeness (QED) is 0.737. The topological polar surface area (TPSA) is 58.2 Å². The van der Waals surface area contributed by atoms with Gasteiger partial charge in [-0.05, 0) is 62.4 Å². The van der Waals surface area contributed by atoms with Gasteiger partial charge in [-0.1, -0.05) is 27.5 Å². The number of rotatable bonds is 4. The van der Waals surface area contributed by atoms with Gasteiger partial charge in [0.2, 0.25) is 11.8 Å². The van der Waals surface area contributed by atoms with Gasteiger partial charge in [-0.15, -0.1) is 0 Å². The van der Waals surface area contributed by atoms with Crippen LogP contribution in [0.2, 0.25) is 5.02 Å².